The zero-order chi connectivity index (χ0) is 14.7. The third-order valence-corrected chi connectivity index (χ3v) is 3.37. The van der Waals surface area contributed by atoms with Gasteiger partial charge in [-0.15, -0.1) is 5.10 Å². The van der Waals surface area contributed by atoms with Crippen molar-refractivity contribution in [3.8, 4) is 5.82 Å². The van der Waals surface area contributed by atoms with Crippen molar-refractivity contribution >= 4 is 29.0 Å². The third-order valence-electron chi connectivity index (χ3n) is 2.81. The van der Waals surface area contributed by atoms with E-state index in [9.17, 15) is 0 Å². The van der Waals surface area contributed by atoms with Gasteiger partial charge in [-0.2, -0.15) is 4.68 Å². The van der Waals surface area contributed by atoms with Gasteiger partial charge in [-0.25, -0.2) is 9.97 Å². The first kappa shape index (κ1) is 15.1. The van der Waals surface area contributed by atoms with E-state index in [4.69, 9.17) is 23.2 Å². The van der Waals surface area contributed by atoms with Crippen LogP contribution in [0.4, 0.5) is 5.82 Å². The van der Waals surface area contributed by atoms with Crippen LogP contribution in [0, 0.1) is 0 Å². The molecule has 0 bridgehead atoms. The van der Waals surface area contributed by atoms with E-state index in [0.29, 0.717) is 21.7 Å². The molecule has 108 valence electrons. The summed E-state index contributed by atoms with van der Waals surface area (Å²) in [4.78, 5) is 8.94. The van der Waals surface area contributed by atoms with Gasteiger partial charge in [0.2, 0.25) is 0 Å². The number of rotatable bonds is 5. The number of hydrogen-bond donors (Lipinski definition) is 1. The van der Waals surface area contributed by atoms with Crippen molar-refractivity contribution in [2.45, 2.75) is 33.6 Å². The molecule has 0 saturated heterocycles. The van der Waals surface area contributed by atoms with Crippen LogP contribution in [0.3, 0.4) is 0 Å². The Hall–Kier alpha value is -1.33. The molecule has 5 nitrogen and oxygen atoms in total. The zero-order valence-electron chi connectivity index (χ0n) is 11.7. The van der Waals surface area contributed by atoms with Gasteiger partial charge in [-0.1, -0.05) is 37.0 Å². The molecule has 0 aromatic carbocycles. The maximum absolute atomic E-state index is 6.25. The summed E-state index contributed by atoms with van der Waals surface area (Å²) < 4.78 is 1.69. The van der Waals surface area contributed by atoms with Crippen LogP contribution in [0.2, 0.25) is 10.0 Å². The largest absolute Gasteiger partial charge is 0.369 e. The van der Waals surface area contributed by atoms with Crippen LogP contribution in [0.1, 0.15) is 32.4 Å². The standard InChI is InChI=1S/C13H17Cl2N5/c1-4-10-17-11(5-2)20(19-10)13-9(15)7-8(14)12(18-13)16-6-3/h7H,4-6H2,1-3H3,(H,16,18). The van der Waals surface area contributed by atoms with Crippen LogP contribution in [0.5, 0.6) is 0 Å². The summed E-state index contributed by atoms with van der Waals surface area (Å²) in [5, 5.41) is 8.51. The first-order valence-electron chi connectivity index (χ1n) is 6.65. The fourth-order valence-electron chi connectivity index (χ4n) is 1.84. The Balaban J connectivity index is 2.56. The minimum absolute atomic E-state index is 0.457. The average Bonchev–Trinajstić information content (AvgIpc) is 2.85. The quantitative estimate of drug-likeness (QED) is 0.917. The van der Waals surface area contributed by atoms with Crippen LogP contribution in [-0.4, -0.2) is 26.3 Å². The number of aromatic nitrogens is 4. The second kappa shape index (κ2) is 6.41. The topological polar surface area (TPSA) is 55.6 Å². The van der Waals surface area contributed by atoms with E-state index in [2.05, 4.69) is 20.4 Å². The number of nitrogens with one attached hydrogen (secondary N) is 1. The predicted molar refractivity (Wildman–Crippen MR) is 82.1 cm³/mol. The summed E-state index contributed by atoms with van der Waals surface area (Å²) >= 11 is 12.4. The number of halogens is 2. The number of anilines is 1. The lowest BCUT2D eigenvalue weighted by Gasteiger charge is -2.10. The second-order valence-electron chi connectivity index (χ2n) is 4.22. The van der Waals surface area contributed by atoms with Gasteiger partial charge in [0.05, 0.1) is 10.0 Å². The molecule has 0 amide bonds. The summed E-state index contributed by atoms with van der Waals surface area (Å²) in [5.74, 6) is 2.76. The van der Waals surface area contributed by atoms with Gasteiger partial charge < -0.3 is 5.32 Å². The molecular formula is C13H17Cl2N5. The molecule has 0 atom stereocenters. The molecule has 20 heavy (non-hydrogen) atoms. The molecule has 0 aliphatic carbocycles. The molecule has 2 aromatic rings. The van der Waals surface area contributed by atoms with Crippen molar-refractivity contribution in [3.63, 3.8) is 0 Å². The smallest absolute Gasteiger partial charge is 0.176 e. The second-order valence-corrected chi connectivity index (χ2v) is 5.03. The normalized spacial score (nSPS) is 10.8. The van der Waals surface area contributed by atoms with E-state index in [0.717, 1.165) is 31.0 Å². The Morgan fingerprint density at radius 3 is 2.45 bits per heavy atom. The van der Waals surface area contributed by atoms with Crippen molar-refractivity contribution in [2.75, 3.05) is 11.9 Å². The third kappa shape index (κ3) is 2.88. The van der Waals surface area contributed by atoms with Crippen LogP contribution >= 0.6 is 23.2 Å². The minimum Gasteiger partial charge on any atom is -0.369 e. The highest BCUT2D eigenvalue weighted by atomic mass is 35.5. The molecule has 0 aliphatic heterocycles. The number of aryl methyl sites for hydroxylation is 2. The Morgan fingerprint density at radius 1 is 1.10 bits per heavy atom. The molecule has 0 fully saturated rings. The summed E-state index contributed by atoms with van der Waals surface area (Å²) in [6.07, 6.45) is 1.52. The maximum atomic E-state index is 6.25. The predicted octanol–water partition coefficient (Wildman–Crippen LogP) is 3.53. The van der Waals surface area contributed by atoms with Crippen LogP contribution in [0.15, 0.2) is 6.07 Å². The van der Waals surface area contributed by atoms with Crippen molar-refractivity contribution in [1.82, 2.24) is 19.7 Å². The highest BCUT2D eigenvalue weighted by Gasteiger charge is 2.16. The van der Waals surface area contributed by atoms with Crippen molar-refractivity contribution < 1.29 is 0 Å². The fourth-order valence-corrected chi connectivity index (χ4v) is 2.34. The maximum Gasteiger partial charge on any atom is 0.176 e. The van der Waals surface area contributed by atoms with Gasteiger partial charge in [0.25, 0.3) is 0 Å². The first-order chi connectivity index (χ1) is 9.60. The number of nitrogens with zero attached hydrogens (tertiary/aromatic N) is 4. The van der Waals surface area contributed by atoms with Gasteiger partial charge >= 0.3 is 0 Å². The van der Waals surface area contributed by atoms with Crippen LogP contribution in [0.25, 0.3) is 5.82 Å². The van der Waals surface area contributed by atoms with E-state index in [1.165, 1.54) is 0 Å². The van der Waals surface area contributed by atoms with E-state index < -0.39 is 0 Å². The molecule has 0 unspecified atom stereocenters. The Labute approximate surface area is 128 Å². The van der Waals surface area contributed by atoms with Crippen molar-refractivity contribution in [2.24, 2.45) is 0 Å². The van der Waals surface area contributed by atoms with Gasteiger partial charge in [0, 0.05) is 19.4 Å². The molecule has 0 spiro atoms. The highest BCUT2D eigenvalue weighted by molar-refractivity contribution is 6.36. The lowest BCUT2D eigenvalue weighted by molar-refractivity contribution is 0.770. The number of hydrogen-bond acceptors (Lipinski definition) is 4. The molecule has 2 rings (SSSR count). The Kier molecular flexibility index (Phi) is 4.83. The molecular weight excluding hydrogens is 297 g/mol. The molecule has 2 aromatic heterocycles. The van der Waals surface area contributed by atoms with Gasteiger partial charge in [-0.05, 0) is 13.0 Å². The summed E-state index contributed by atoms with van der Waals surface area (Å²) in [6.45, 7) is 6.75. The highest BCUT2D eigenvalue weighted by Crippen LogP contribution is 2.28. The molecule has 0 radical (unpaired) electrons. The minimum atomic E-state index is 0.457. The van der Waals surface area contributed by atoms with Crippen molar-refractivity contribution in [1.29, 1.82) is 0 Å². The Bertz CT molecular complexity index is 609. The lowest BCUT2D eigenvalue weighted by atomic mass is 10.4. The molecule has 7 heteroatoms. The van der Waals surface area contributed by atoms with E-state index in [1.807, 2.05) is 20.8 Å². The Morgan fingerprint density at radius 2 is 1.85 bits per heavy atom. The van der Waals surface area contributed by atoms with Gasteiger partial charge in [-0.3, -0.25) is 0 Å². The molecule has 2 heterocycles. The summed E-state index contributed by atoms with van der Waals surface area (Å²) in [5.41, 5.74) is 0. The SMILES string of the molecule is CCNc1nc(-n2nc(CC)nc2CC)c(Cl)cc1Cl. The molecule has 0 aliphatic rings. The lowest BCUT2D eigenvalue weighted by Crippen LogP contribution is -2.08. The summed E-state index contributed by atoms with van der Waals surface area (Å²) in [6, 6.07) is 1.68. The van der Waals surface area contributed by atoms with Crippen LogP contribution in [-0.2, 0) is 12.8 Å². The van der Waals surface area contributed by atoms with E-state index in [1.54, 1.807) is 10.7 Å². The molecule has 0 saturated carbocycles. The van der Waals surface area contributed by atoms with Gasteiger partial charge in [0.15, 0.2) is 11.6 Å². The van der Waals surface area contributed by atoms with Crippen molar-refractivity contribution in [3.05, 3.63) is 27.8 Å². The number of pyridine rings is 1. The van der Waals surface area contributed by atoms with E-state index >= 15 is 0 Å². The summed E-state index contributed by atoms with van der Waals surface area (Å²) in [7, 11) is 0. The van der Waals surface area contributed by atoms with Crippen LogP contribution < -0.4 is 5.32 Å². The van der Waals surface area contributed by atoms with Gasteiger partial charge in [0.1, 0.15) is 11.6 Å². The van der Waals surface area contributed by atoms with E-state index in [-0.39, 0.29) is 0 Å². The monoisotopic (exact) mass is 313 g/mol. The zero-order valence-corrected chi connectivity index (χ0v) is 13.3. The first-order valence-corrected chi connectivity index (χ1v) is 7.41. The average molecular weight is 314 g/mol. The molecule has 1 N–H and O–H groups in total. The fraction of sp³-hybridized carbons (Fsp3) is 0.462.